The van der Waals surface area contributed by atoms with Crippen molar-refractivity contribution in [3.8, 4) is 11.5 Å². The van der Waals surface area contributed by atoms with E-state index in [0.717, 1.165) is 35.7 Å². The van der Waals surface area contributed by atoms with Gasteiger partial charge in [-0.15, -0.1) is 0 Å². The molecule has 2 heterocycles. The number of methoxy groups -OCH3 is 1. The van der Waals surface area contributed by atoms with Gasteiger partial charge < -0.3 is 20.1 Å². The lowest BCUT2D eigenvalue weighted by Crippen LogP contribution is -2.21. The van der Waals surface area contributed by atoms with Crippen LogP contribution in [0.5, 0.6) is 11.5 Å². The molecule has 5 heteroatoms. The first kappa shape index (κ1) is 14.2. The summed E-state index contributed by atoms with van der Waals surface area (Å²) >= 11 is 0. The molecule has 0 aromatic heterocycles. The fraction of sp³-hybridized carbons (Fsp3) is 0.562. The number of likely N-dealkylation sites (tertiary alicyclic amines) is 1. The number of fused-ring (bicyclic) bond motifs is 1. The van der Waals surface area contributed by atoms with Crippen LogP contribution in [0.15, 0.2) is 17.1 Å². The molecular formula is C16H23N3O2. The zero-order valence-electron chi connectivity index (χ0n) is 12.6. The molecule has 3 rings (SSSR count). The van der Waals surface area contributed by atoms with Gasteiger partial charge in [-0.05, 0) is 44.0 Å². The van der Waals surface area contributed by atoms with Crippen molar-refractivity contribution >= 4 is 11.5 Å². The predicted molar refractivity (Wildman–Crippen MR) is 83.8 cm³/mol. The van der Waals surface area contributed by atoms with E-state index in [2.05, 4.69) is 9.89 Å². The van der Waals surface area contributed by atoms with Gasteiger partial charge in [0.15, 0.2) is 11.5 Å². The van der Waals surface area contributed by atoms with Crippen LogP contribution in [0, 0.1) is 0 Å². The van der Waals surface area contributed by atoms with E-state index in [1.807, 2.05) is 12.1 Å². The van der Waals surface area contributed by atoms with Gasteiger partial charge in [0.1, 0.15) is 5.84 Å². The van der Waals surface area contributed by atoms with Crippen LogP contribution in [-0.2, 0) is 6.42 Å². The molecule has 0 radical (unpaired) electrons. The van der Waals surface area contributed by atoms with Crippen molar-refractivity contribution < 1.29 is 9.47 Å². The molecule has 114 valence electrons. The van der Waals surface area contributed by atoms with Crippen LogP contribution in [0.3, 0.4) is 0 Å². The van der Waals surface area contributed by atoms with Gasteiger partial charge in [-0.1, -0.05) is 0 Å². The van der Waals surface area contributed by atoms with Crippen molar-refractivity contribution in [2.24, 2.45) is 10.7 Å². The molecule has 1 aromatic rings. The maximum atomic E-state index is 5.89. The Bertz CT molecular complexity index is 537. The lowest BCUT2D eigenvalue weighted by Gasteiger charge is -2.15. The van der Waals surface area contributed by atoms with E-state index < -0.39 is 0 Å². The van der Waals surface area contributed by atoms with Crippen LogP contribution in [0.4, 0.5) is 5.69 Å². The van der Waals surface area contributed by atoms with Crippen LogP contribution in [0.1, 0.15) is 24.8 Å². The van der Waals surface area contributed by atoms with Gasteiger partial charge in [0, 0.05) is 19.0 Å². The molecule has 21 heavy (non-hydrogen) atoms. The second kappa shape index (κ2) is 6.35. The minimum absolute atomic E-state index is 0.651. The van der Waals surface area contributed by atoms with Gasteiger partial charge in [0.25, 0.3) is 0 Å². The van der Waals surface area contributed by atoms with Crippen molar-refractivity contribution in [3.05, 3.63) is 17.7 Å². The SMILES string of the molecule is COc1cc2c(cc1OCCCN1CCCC1)N=C(N)C2. The summed E-state index contributed by atoms with van der Waals surface area (Å²) in [4.78, 5) is 6.82. The molecule has 1 fully saturated rings. The largest absolute Gasteiger partial charge is 0.493 e. The summed E-state index contributed by atoms with van der Waals surface area (Å²) in [6.45, 7) is 4.27. The highest BCUT2D eigenvalue weighted by molar-refractivity contribution is 5.91. The lowest BCUT2D eigenvalue weighted by atomic mass is 10.1. The highest BCUT2D eigenvalue weighted by Crippen LogP contribution is 2.37. The summed E-state index contributed by atoms with van der Waals surface area (Å²) in [5.74, 6) is 2.18. The monoisotopic (exact) mass is 289 g/mol. The van der Waals surface area contributed by atoms with E-state index in [9.17, 15) is 0 Å². The van der Waals surface area contributed by atoms with Crippen LogP contribution in [-0.4, -0.2) is 44.1 Å². The Morgan fingerprint density at radius 3 is 2.81 bits per heavy atom. The number of nitrogens with two attached hydrogens (primary N) is 1. The molecule has 0 saturated carbocycles. The van der Waals surface area contributed by atoms with E-state index in [1.54, 1.807) is 7.11 Å². The molecule has 0 amide bonds. The van der Waals surface area contributed by atoms with Crippen molar-refractivity contribution in [3.63, 3.8) is 0 Å². The van der Waals surface area contributed by atoms with E-state index >= 15 is 0 Å². The summed E-state index contributed by atoms with van der Waals surface area (Å²) in [7, 11) is 1.66. The predicted octanol–water partition coefficient (Wildman–Crippen LogP) is 2.10. The molecular weight excluding hydrogens is 266 g/mol. The van der Waals surface area contributed by atoms with Crippen LogP contribution < -0.4 is 15.2 Å². The summed E-state index contributed by atoms with van der Waals surface area (Å²) in [5.41, 5.74) is 7.79. The molecule has 0 atom stereocenters. The van der Waals surface area contributed by atoms with Crippen molar-refractivity contribution in [1.29, 1.82) is 0 Å². The Morgan fingerprint density at radius 1 is 1.24 bits per heavy atom. The third-order valence-electron chi connectivity index (χ3n) is 4.08. The zero-order valence-corrected chi connectivity index (χ0v) is 12.6. The topological polar surface area (TPSA) is 60.1 Å². The molecule has 5 nitrogen and oxygen atoms in total. The van der Waals surface area contributed by atoms with Gasteiger partial charge in [-0.3, -0.25) is 0 Å². The molecule has 2 N–H and O–H groups in total. The van der Waals surface area contributed by atoms with Crippen molar-refractivity contribution in [2.75, 3.05) is 33.4 Å². The average Bonchev–Trinajstić information content (AvgIpc) is 3.10. The molecule has 2 aliphatic heterocycles. The molecule has 0 aliphatic carbocycles. The van der Waals surface area contributed by atoms with Gasteiger partial charge in [-0.2, -0.15) is 0 Å². The Balaban J connectivity index is 1.57. The van der Waals surface area contributed by atoms with E-state index in [0.29, 0.717) is 18.9 Å². The molecule has 1 saturated heterocycles. The first-order valence-corrected chi connectivity index (χ1v) is 7.65. The molecule has 1 aromatic carbocycles. The number of aliphatic imine (C=N–C) groups is 1. The normalized spacial score (nSPS) is 17.7. The second-order valence-corrected chi connectivity index (χ2v) is 5.66. The highest BCUT2D eigenvalue weighted by atomic mass is 16.5. The van der Waals surface area contributed by atoms with Crippen LogP contribution in [0.25, 0.3) is 0 Å². The Kier molecular flexibility index (Phi) is 4.29. The Labute approximate surface area is 125 Å². The molecule has 0 bridgehead atoms. The fourth-order valence-electron chi connectivity index (χ4n) is 2.98. The van der Waals surface area contributed by atoms with E-state index in [-0.39, 0.29) is 0 Å². The molecule has 2 aliphatic rings. The van der Waals surface area contributed by atoms with Crippen molar-refractivity contribution in [1.82, 2.24) is 4.90 Å². The first-order chi connectivity index (χ1) is 10.3. The second-order valence-electron chi connectivity index (χ2n) is 5.66. The standard InChI is InChI=1S/C16H23N3O2/c1-20-14-9-12-10-16(17)18-13(12)11-15(14)21-8-4-7-19-5-2-3-6-19/h9,11H,2-8,10H2,1H3,(H2,17,18). The summed E-state index contributed by atoms with van der Waals surface area (Å²) in [6.07, 6.45) is 4.39. The lowest BCUT2D eigenvalue weighted by molar-refractivity contribution is 0.254. The van der Waals surface area contributed by atoms with Gasteiger partial charge in [0.2, 0.25) is 0 Å². The summed E-state index contributed by atoms with van der Waals surface area (Å²) < 4.78 is 11.3. The number of ether oxygens (including phenoxy) is 2. The van der Waals surface area contributed by atoms with E-state index in [4.69, 9.17) is 15.2 Å². The Morgan fingerprint density at radius 2 is 2.05 bits per heavy atom. The number of amidine groups is 1. The first-order valence-electron chi connectivity index (χ1n) is 7.65. The smallest absolute Gasteiger partial charge is 0.163 e. The van der Waals surface area contributed by atoms with Gasteiger partial charge >= 0.3 is 0 Å². The minimum Gasteiger partial charge on any atom is -0.493 e. The fourth-order valence-corrected chi connectivity index (χ4v) is 2.98. The van der Waals surface area contributed by atoms with Crippen molar-refractivity contribution in [2.45, 2.75) is 25.7 Å². The van der Waals surface area contributed by atoms with Crippen LogP contribution >= 0.6 is 0 Å². The zero-order chi connectivity index (χ0) is 14.7. The van der Waals surface area contributed by atoms with Gasteiger partial charge in [-0.25, -0.2) is 4.99 Å². The summed E-state index contributed by atoms with van der Waals surface area (Å²) in [6, 6.07) is 3.92. The van der Waals surface area contributed by atoms with Gasteiger partial charge in [0.05, 0.1) is 19.4 Å². The highest BCUT2D eigenvalue weighted by Gasteiger charge is 2.17. The average molecular weight is 289 g/mol. The molecule has 0 spiro atoms. The number of rotatable bonds is 6. The maximum Gasteiger partial charge on any atom is 0.163 e. The number of hydrogen-bond donors (Lipinski definition) is 1. The third-order valence-corrected chi connectivity index (χ3v) is 4.08. The van der Waals surface area contributed by atoms with E-state index in [1.165, 1.54) is 25.9 Å². The minimum atomic E-state index is 0.651. The van der Waals surface area contributed by atoms with Crippen LogP contribution in [0.2, 0.25) is 0 Å². The number of hydrogen-bond acceptors (Lipinski definition) is 5. The number of benzene rings is 1. The Hall–Kier alpha value is -1.75. The number of nitrogens with zero attached hydrogens (tertiary/aromatic N) is 2. The maximum absolute atomic E-state index is 5.89. The summed E-state index contributed by atoms with van der Waals surface area (Å²) in [5, 5.41) is 0. The molecule has 0 unspecified atom stereocenters. The quantitative estimate of drug-likeness (QED) is 0.815. The third kappa shape index (κ3) is 3.29.